The number of hydrogen-bond donors (Lipinski definition) is 1. The predicted molar refractivity (Wildman–Crippen MR) is 108 cm³/mol. The summed E-state index contributed by atoms with van der Waals surface area (Å²) >= 11 is 9.65. The van der Waals surface area contributed by atoms with Crippen molar-refractivity contribution in [2.75, 3.05) is 6.61 Å². The Kier molecular flexibility index (Phi) is 7.17. The van der Waals surface area contributed by atoms with E-state index in [0.717, 1.165) is 27.9 Å². The van der Waals surface area contributed by atoms with E-state index >= 15 is 0 Å². The van der Waals surface area contributed by atoms with Gasteiger partial charge in [-0.15, -0.1) is 0 Å². The van der Waals surface area contributed by atoms with Crippen LogP contribution in [0.25, 0.3) is 0 Å². The van der Waals surface area contributed by atoms with Crippen LogP contribution in [0.15, 0.2) is 40.9 Å². The second-order valence-electron chi connectivity index (χ2n) is 6.86. The van der Waals surface area contributed by atoms with Gasteiger partial charge in [-0.25, -0.2) is 0 Å². The highest BCUT2D eigenvalue weighted by Crippen LogP contribution is 2.37. The molecule has 0 aliphatic heterocycles. The number of halogens is 2. The van der Waals surface area contributed by atoms with Crippen molar-refractivity contribution in [2.24, 2.45) is 0 Å². The standard InChI is InChI=1S/C20H25BrClNO2/c1-5-24-18-11-15(12-23-20(2,3)4)10-17(21)19(18)25-13-14-7-6-8-16(22)9-14/h6-11,23H,5,12-13H2,1-4H3. The molecular formula is C20H25BrClNO2. The molecule has 0 aromatic heterocycles. The maximum Gasteiger partial charge on any atom is 0.175 e. The zero-order valence-electron chi connectivity index (χ0n) is 15.2. The minimum Gasteiger partial charge on any atom is -0.490 e. The van der Waals surface area contributed by atoms with Crippen LogP contribution in [0.5, 0.6) is 11.5 Å². The first-order chi connectivity index (χ1) is 11.8. The summed E-state index contributed by atoms with van der Waals surface area (Å²) in [4.78, 5) is 0. The highest BCUT2D eigenvalue weighted by atomic mass is 79.9. The van der Waals surface area contributed by atoms with E-state index in [1.165, 1.54) is 0 Å². The maximum absolute atomic E-state index is 6.03. The molecule has 0 aliphatic carbocycles. The first-order valence-corrected chi connectivity index (χ1v) is 9.53. The summed E-state index contributed by atoms with van der Waals surface area (Å²) in [5, 5.41) is 4.19. The molecule has 2 aromatic carbocycles. The van der Waals surface area contributed by atoms with Crippen LogP contribution in [0, 0.1) is 0 Å². The molecule has 0 radical (unpaired) electrons. The molecule has 0 fully saturated rings. The Morgan fingerprint density at radius 3 is 2.48 bits per heavy atom. The number of ether oxygens (including phenoxy) is 2. The number of nitrogens with one attached hydrogen (secondary N) is 1. The lowest BCUT2D eigenvalue weighted by Gasteiger charge is -2.21. The van der Waals surface area contributed by atoms with Crippen molar-refractivity contribution in [3.8, 4) is 11.5 Å². The van der Waals surface area contributed by atoms with Crippen molar-refractivity contribution in [3.63, 3.8) is 0 Å². The Morgan fingerprint density at radius 1 is 1.08 bits per heavy atom. The molecule has 0 saturated heterocycles. The van der Waals surface area contributed by atoms with Gasteiger partial charge in [0, 0.05) is 17.1 Å². The summed E-state index contributed by atoms with van der Waals surface area (Å²) in [6.07, 6.45) is 0. The van der Waals surface area contributed by atoms with Crippen LogP contribution < -0.4 is 14.8 Å². The van der Waals surface area contributed by atoms with Gasteiger partial charge in [-0.1, -0.05) is 23.7 Å². The van der Waals surface area contributed by atoms with Gasteiger partial charge in [-0.3, -0.25) is 0 Å². The summed E-state index contributed by atoms with van der Waals surface area (Å²) in [5.41, 5.74) is 2.21. The largest absolute Gasteiger partial charge is 0.490 e. The fourth-order valence-corrected chi connectivity index (χ4v) is 3.09. The summed E-state index contributed by atoms with van der Waals surface area (Å²) in [5.74, 6) is 1.45. The Morgan fingerprint density at radius 2 is 1.84 bits per heavy atom. The highest BCUT2D eigenvalue weighted by molar-refractivity contribution is 9.10. The van der Waals surface area contributed by atoms with Crippen LogP contribution in [-0.4, -0.2) is 12.1 Å². The number of hydrogen-bond acceptors (Lipinski definition) is 3. The Bertz CT molecular complexity index is 713. The van der Waals surface area contributed by atoms with Gasteiger partial charge in [0.25, 0.3) is 0 Å². The van der Waals surface area contributed by atoms with Crippen molar-refractivity contribution < 1.29 is 9.47 Å². The summed E-state index contributed by atoms with van der Waals surface area (Å²) in [6, 6.07) is 11.7. The molecule has 1 N–H and O–H groups in total. The van der Waals surface area contributed by atoms with E-state index in [-0.39, 0.29) is 5.54 Å². The van der Waals surface area contributed by atoms with Crippen LogP contribution in [-0.2, 0) is 13.2 Å². The van der Waals surface area contributed by atoms with E-state index in [4.69, 9.17) is 21.1 Å². The number of rotatable bonds is 7. The molecule has 0 aliphatic rings. The SMILES string of the molecule is CCOc1cc(CNC(C)(C)C)cc(Br)c1OCc1cccc(Cl)c1. The molecule has 0 amide bonds. The Balaban J connectivity index is 2.18. The molecular weight excluding hydrogens is 402 g/mol. The van der Waals surface area contributed by atoms with Gasteiger partial charge in [0.2, 0.25) is 0 Å². The second-order valence-corrected chi connectivity index (χ2v) is 8.15. The van der Waals surface area contributed by atoms with Gasteiger partial charge in [0.1, 0.15) is 6.61 Å². The van der Waals surface area contributed by atoms with E-state index < -0.39 is 0 Å². The average molecular weight is 427 g/mol. The lowest BCUT2D eigenvalue weighted by Crippen LogP contribution is -2.35. The normalized spacial score (nSPS) is 11.4. The monoisotopic (exact) mass is 425 g/mol. The molecule has 0 heterocycles. The third-order valence-corrected chi connectivity index (χ3v) is 4.29. The zero-order valence-corrected chi connectivity index (χ0v) is 17.5. The van der Waals surface area contributed by atoms with Gasteiger partial charge in [-0.05, 0) is 79.0 Å². The van der Waals surface area contributed by atoms with E-state index in [9.17, 15) is 0 Å². The molecule has 2 rings (SSSR count). The quantitative estimate of drug-likeness (QED) is 0.592. The Hall–Kier alpha value is -1.23. The van der Waals surface area contributed by atoms with Crippen molar-refractivity contribution in [1.29, 1.82) is 0 Å². The molecule has 0 spiro atoms. The summed E-state index contributed by atoms with van der Waals surface area (Å²) in [6.45, 7) is 10.2. The lowest BCUT2D eigenvalue weighted by molar-refractivity contribution is 0.267. The molecule has 2 aromatic rings. The van der Waals surface area contributed by atoms with Crippen LogP contribution in [0.4, 0.5) is 0 Å². The van der Waals surface area contributed by atoms with Gasteiger partial charge < -0.3 is 14.8 Å². The lowest BCUT2D eigenvalue weighted by atomic mass is 10.1. The summed E-state index contributed by atoms with van der Waals surface area (Å²) < 4.78 is 12.7. The predicted octanol–water partition coefficient (Wildman–Crippen LogP) is 5.97. The smallest absolute Gasteiger partial charge is 0.175 e. The first-order valence-electron chi connectivity index (χ1n) is 8.36. The molecule has 25 heavy (non-hydrogen) atoms. The third-order valence-electron chi connectivity index (χ3n) is 3.46. The fourth-order valence-electron chi connectivity index (χ4n) is 2.28. The molecule has 3 nitrogen and oxygen atoms in total. The van der Waals surface area contributed by atoms with Crippen molar-refractivity contribution >= 4 is 27.5 Å². The third kappa shape index (κ3) is 6.53. The molecule has 5 heteroatoms. The molecule has 0 saturated carbocycles. The topological polar surface area (TPSA) is 30.5 Å². The number of benzene rings is 2. The summed E-state index contributed by atoms with van der Waals surface area (Å²) in [7, 11) is 0. The minimum atomic E-state index is 0.0556. The van der Waals surface area contributed by atoms with E-state index in [2.05, 4.69) is 48.1 Å². The van der Waals surface area contributed by atoms with Crippen molar-refractivity contribution in [2.45, 2.75) is 46.4 Å². The molecule has 0 atom stereocenters. The van der Waals surface area contributed by atoms with E-state index in [0.29, 0.717) is 24.0 Å². The van der Waals surface area contributed by atoms with Gasteiger partial charge in [0.15, 0.2) is 11.5 Å². The average Bonchev–Trinajstić information content (AvgIpc) is 2.52. The molecule has 136 valence electrons. The first kappa shape index (κ1) is 20.1. The van der Waals surface area contributed by atoms with Crippen LogP contribution >= 0.6 is 27.5 Å². The maximum atomic E-state index is 6.03. The van der Waals surface area contributed by atoms with Crippen LogP contribution in [0.3, 0.4) is 0 Å². The van der Waals surface area contributed by atoms with Gasteiger partial charge in [0.05, 0.1) is 11.1 Å². The molecule has 0 unspecified atom stereocenters. The highest BCUT2D eigenvalue weighted by Gasteiger charge is 2.14. The van der Waals surface area contributed by atoms with Crippen molar-refractivity contribution in [1.82, 2.24) is 5.32 Å². The molecule has 0 bridgehead atoms. The fraction of sp³-hybridized carbons (Fsp3) is 0.400. The van der Waals surface area contributed by atoms with Crippen molar-refractivity contribution in [3.05, 3.63) is 57.0 Å². The van der Waals surface area contributed by atoms with Gasteiger partial charge >= 0.3 is 0 Å². The zero-order chi connectivity index (χ0) is 18.4. The van der Waals surface area contributed by atoms with E-state index in [1.54, 1.807) is 0 Å². The van der Waals surface area contributed by atoms with Gasteiger partial charge in [-0.2, -0.15) is 0 Å². The van der Waals surface area contributed by atoms with E-state index in [1.807, 2.05) is 37.3 Å². The van der Waals surface area contributed by atoms with Crippen LogP contribution in [0.1, 0.15) is 38.8 Å². The minimum absolute atomic E-state index is 0.0556. The second kappa shape index (κ2) is 8.93. The van der Waals surface area contributed by atoms with Crippen LogP contribution in [0.2, 0.25) is 5.02 Å². The Labute approximate surface area is 163 Å².